The maximum atomic E-state index is 13.3. The van der Waals surface area contributed by atoms with E-state index in [1.54, 1.807) is 24.3 Å². The first-order valence-electron chi connectivity index (χ1n) is 12.1. The third-order valence-electron chi connectivity index (χ3n) is 6.71. The minimum atomic E-state index is -3.84. The van der Waals surface area contributed by atoms with Gasteiger partial charge >= 0.3 is 0 Å². The van der Waals surface area contributed by atoms with Crippen molar-refractivity contribution in [1.29, 1.82) is 0 Å². The zero-order valence-electron chi connectivity index (χ0n) is 20.4. The summed E-state index contributed by atoms with van der Waals surface area (Å²) in [5.74, 6) is -0.289. The summed E-state index contributed by atoms with van der Waals surface area (Å²) in [6.45, 7) is 1.86. The zero-order chi connectivity index (χ0) is 25.7. The highest BCUT2D eigenvalue weighted by molar-refractivity contribution is 7.89. The molecule has 4 rings (SSSR count). The van der Waals surface area contributed by atoms with Crippen LogP contribution in [-0.4, -0.2) is 27.5 Å². The van der Waals surface area contributed by atoms with Gasteiger partial charge in [0.15, 0.2) is 0 Å². The molecule has 3 aromatic rings. The Morgan fingerprint density at radius 2 is 1.61 bits per heavy atom. The summed E-state index contributed by atoms with van der Waals surface area (Å²) in [6, 6.07) is 20.3. The van der Waals surface area contributed by atoms with Gasteiger partial charge in [0.2, 0.25) is 15.9 Å². The highest BCUT2D eigenvalue weighted by atomic mass is 32.2. The van der Waals surface area contributed by atoms with Crippen molar-refractivity contribution in [3.05, 3.63) is 84.2 Å². The van der Waals surface area contributed by atoms with Gasteiger partial charge in [-0.15, -0.1) is 0 Å². The molecular formula is C28H31FN2O4S. The van der Waals surface area contributed by atoms with Crippen LogP contribution in [0.2, 0.25) is 0 Å². The van der Waals surface area contributed by atoms with Crippen LogP contribution >= 0.6 is 0 Å². The van der Waals surface area contributed by atoms with Gasteiger partial charge in [-0.1, -0.05) is 48.5 Å². The van der Waals surface area contributed by atoms with E-state index in [4.69, 9.17) is 4.74 Å². The molecule has 0 heterocycles. The lowest BCUT2D eigenvalue weighted by molar-refractivity contribution is -0.126. The number of carbonyl (C=O) groups excluding carboxylic acids is 1. The molecule has 1 atom stereocenters. The number of hydrogen-bond donors (Lipinski definition) is 2. The van der Waals surface area contributed by atoms with Crippen LogP contribution in [0.3, 0.4) is 0 Å². The number of amides is 1. The number of sulfonamides is 1. The van der Waals surface area contributed by atoms with Crippen LogP contribution in [0.1, 0.15) is 44.2 Å². The van der Waals surface area contributed by atoms with Gasteiger partial charge in [-0.25, -0.2) is 17.5 Å². The molecule has 1 saturated carbocycles. The van der Waals surface area contributed by atoms with Crippen molar-refractivity contribution in [2.24, 2.45) is 5.92 Å². The Labute approximate surface area is 211 Å². The molecule has 1 amide bonds. The van der Waals surface area contributed by atoms with Crippen molar-refractivity contribution in [2.75, 3.05) is 7.11 Å². The fraction of sp³-hybridized carbons (Fsp3) is 0.321. The van der Waals surface area contributed by atoms with E-state index in [1.807, 2.05) is 43.3 Å². The number of ether oxygens (including phenoxy) is 1. The van der Waals surface area contributed by atoms with Gasteiger partial charge in [-0.05, 0) is 73.6 Å². The second kappa shape index (κ2) is 11.2. The van der Waals surface area contributed by atoms with Crippen LogP contribution in [0.5, 0.6) is 5.75 Å². The molecule has 36 heavy (non-hydrogen) atoms. The van der Waals surface area contributed by atoms with Gasteiger partial charge in [0.05, 0.1) is 13.2 Å². The number of carbonyl (C=O) groups is 1. The third kappa shape index (κ3) is 6.12. The molecule has 0 radical (unpaired) electrons. The summed E-state index contributed by atoms with van der Waals surface area (Å²) >= 11 is 0. The van der Waals surface area contributed by atoms with E-state index >= 15 is 0 Å². The zero-order valence-corrected chi connectivity index (χ0v) is 21.2. The number of methoxy groups -OCH3 is 1. The van der Waals surface area contributed by atoms with Gasteiger partial charge < -0.3 is 10.1 Å². The summed E-state index contributed by atoms with van der Waals surface area (Å²) in [4.78, 5) is 12.9. The predicted molar refractivity (Wildman–Crippen MR) is 137 cm³/mol. The second-order valence-corrected chi connectivity index (χ2v) is 10.9. The molecule has 1 unspecified atom stereocenters. The molecule has 6 nitrogen and oxygen atoms in total. The van der Waals surface area contributed by atoms with Crippen molar-refractivity contribution in [2.45, 2.75) is 49.6 Å². The molecule has 8 heteroatoms. The first kappa shape index (κ1) is 25.9. The molecule has 1 fully saturated rings. The normalized spacial score (nSPS) is 18.9. The molecule has 0 spiro atoms. The van der Waals surface area contributed by atoms with E-state index in [0.29, 0.717) is 25.7 Å². The maximum absolute atomic E-state index is 13.3. The van der Waals surface area contributed by atoms with Crippen LogP contribution in [0.25, 0.3) is 11.1 Å². The van der Waals surface area contributed by atoms with E-state index in [2.05, 4.69) is 10.0 Å². The fourth-order valence-electron chi connectivity index (χ4n) is 4.62. The second-order valence-electron chi connectivity index (χ2n) is 9.18. The monoisotopic (exact) mass is 510 g/mol. The molecular weight excluding hydrogens is 479 g/mol. The number of halogens is 1. The molecule has 1 aliphatic rings. The molecule has 0 aliphatic heterocycles. The number of rotatable bonds is 8. The van der Waals surface area contributed by atoms with E-state index < -0.39 is 10.0 Å². The van der Waals surface area contributed by atoms with Crippen molar-refractivity contribution in [3.8, 4) is 16.9 Å². The lowest BCUT2D eigenvalue weighted by Gasteiger charge is -2.29. The van der Waals surface area contributed by atoms with Crippen LogP contribution in [0.4, 0.5) is 4.39 Å². The van der Waals surface area contributed by atoms with Gasteiger partial charge in [-0.3, -0.25) is 4.79 Å². The maximum Gasteiger partial charge on any atom is 0.244 e. The van der Waals surface area contributed by atoms with Crippen LogP contribution in [0, 0.1) is 11.7 Å². The SMILES string of the molecule is COc1ccc(-c2ccccc2)cc1S(=O)(=O)NC1CCC(C(=O)NC(C)c2ccc(F)cc2)CC1. The number of nitrogens with one attached hydrogen (secondary N) is 2. The molecule has 3 aromatic carbocycles. The van der Waals surface area contributed by atoms with E-state index in [1.165, 1.54) is 19.2 Å². The van der Waals surface area contributed by atoms with Crippen molar-refractivity contribution in [3.63, 3.8) is 0 Å². The highest BCUT2D eigenvalue weighted by Gasteiger charge is 2.31. The molecule has 0 aromatic heterocycles. The Morgan fingerprint density at radius 1 is 0.944 bits per heavy atom. The Hall–Kier alpha value is -3.23. The lowest BCUT2D eigenvalue weighted by atomic mass is 9.85. The number of benzene rings is 3. The Kier molecular flexibility index (Phi) is 8.06. The molecule has 190 valence electrons. The topological polar surface area (TPSA) is 84.5 Å². The van der Waals surface area contributed by atoms with Crippen molar-refractivity contribution < 1.29 is 22.3 Å². The average Bonchev–Trinajstić information content (AvgIpc) is 2.89. The molecule has 0 saturated heterocycles. The summed E-state index contributed by atoms with van der Waals surface area (Å²) < 4.78 is 47.9. The molecule has 1 aliphatic carbocycles. The van der Waals surface area contributed by atoms with E-state index in [9.17, 15) is 17.6 Å². The average molecular weight is 511 g/mol. The summed E-state index contributed by atoms with van der Waals surface area (Å²) in [5.41, 5.74) is 2.53. The van der Waals surface area contributed by atoms with Crippen molar-refractivity contribution >= 4 is 15.9 Å². The van der Waals surface area contributed by atoms with Gasteiger partial charge in [0.1, 0.15) is 16.5 Å². The minimum Gasteiger partial charge on any atom is -0.495 e. The van der Waals surface area contributed by atoms with Crippen LogP contribution < -0.4 is 14.8 Å². The van der Waals surface area contributed by atoms with Gasteiger partial charge in [0.25, 0.3) is 0 Å². The molecule has 2 N–H and O–H groups in total. The summed E-state index contributed by atoms with van der Waals surface area (Å²) in [6.07, 6.45) is 2.28. The minimum absolute atomic E-state index is 0.0645. The predicted octanol–water partition coefficient (Wildman–Crippen LogP) is 5.22. The first-order valence-corrected chi connectivity index (χ1v) is 13.6. The number of hydrogen-bond acceptors (Lipinski definition) is 4. The summed E-state index contributed by atoms with van der Waals surface area (Å²) in [7, 11) is -2.38. The largest absolute Gasteiger partial charge is 0.495 e. The Balaban J connectivity index is 1.38. The quantitative estimate of drug-likeness (QED) is 0.435. The first-order chi connectivity index (χ1) is 17.3. The Bertz CT molecular complexity index is 1290. The Morgan fingerprint density at radius 3 is 2.25 bits per heavy atom. The lowest BCUT2D eigenvalue weighted by Crippen LogP contribution is -2.41. The summed E-state index contributed by atoms with van der Waals surface area (Å²) in [5, 5.41) is 2.99. The van der Waals surface area contributed by atoms with Crippen LogP contribution in [-0.2, 0) is 14.8 Å². The highest BCUT2D eigenvalue weighted by Crippen LogP contribution is 2.32. The smallest absolute Gasteiger partial charge is 0.244 e. The van der Waals surface area contributed by atoms with Crippen molar-refractivity contribution in [1.82, 2.24) is 10.0 Å². The van der Waals surface area contributed by atoms with Gasteiger partial charge in [0, 0.05) is 12.0 Å². The van der Waals surface area contributed by atoms with E-state index in [0.717, 1.165) is 16.7 Å². The van der Waals surface area contributed by atoms with Crippen LogP contribution in [0.15, 0.2) is 77.7 Å². The molecule has 0 bridgehead atoms. The third-order valence-corrected chi connectivity index (χ3v) is 8.25. The van der Waals surface area contributed by atoms with E-state index in [-0.39, 0.29) is 40.4 Å². The standard InChI is InChI=1S/C28H31FN2O4S/c1-19(20-8-13-24(29)14-9-20)30-28(32)22-10-15-25(16-11-22)31-36(33,34)27-18-23(12-17-26(27)35-2)21-6-4-3-5-7-21/h3-9,12-14,17-19,22,25,31H,10-11,15-16H2,1-2H3,(H,30,32). The fourth-order valence-corrected chi connectivity index (χ4v) is 6.12. The van der Waals surface area contributed by atoms with Gasteiger partial charge in [-0.2, -0.15) is 0 Å².